The number of rotatable bonds is 5. The number of phosphoric ester groups is 1. The lowest BCUT2D eigenvalue weighted by molar-refractivity contribution is 0.215. The van der Waals surface area contributed by atoms with Crippen molar-refractivity contribution in [2.45, 2.75) is 4.90 Å². The van der Waals surface area contributed by atoms with E-state index in [2.05, 4.69) is 29.8 Å². The minimum atomic E-state index is -4.02. The van der Waals surface area contributed by atoms with Crippen LogP contribution < -0.4 is 4.52 Å². The van der Waals surface area contributed by atoms with Crippen LogP contribution in [-0.4, -0.2) is 17.3 Å². The average Bonchev–Trinajstić information content (AvgIpc) is 2.18. The van der Waals surface area contributed by atoms with Gasteiger partial charge in [0.15, 0.2) is 0 Å². The van der Waals surface area contributed by atoms with Crippen LogP contribution in [0, 0.1) is 0 Å². The Balaban J connectivity index is 2.60. The summed E-state index contributed by atoms with van der Waals surface area (Å²) in [5, 5.41) is 0. The van der Waals surface area contributed by atoms with Gasteiger partial charge in [-0.2, -0.15) is 12.6 Å². The smallest absolute Gasteiger partial charge is 0.404 e. The zero-order valence-corrected chi connectivity index (χ0v) is 10.4. The molecule has 0 aliphatic carbocycles. The van der Waals surface area contributed by atoms with Crippen LogP contribution in [0.2, 0.25) is 0 Å². The highest BCUT2D eigenvalue weighted by Gasteiger charge is 2.22. The number of thiol groups is 2. The van der Waals surface area contributed by atoms with Gasteiger partial charge < -0.3 is 4.52 Å². The van der Waals surface area contributed by atoms with Crippen molar-refractivity contribution in [2.75, 3.05) is 12.4 Å². The number of hydrogen-bond donors (Lipinski definition) is 3. The molecule has 0 aliphatic heterocycles. The first-order valence-electron chi connectivity index (χ1n) is 4.10. The molecule has 0 radical (unpaired) electrons. The van der Waals surface area contributed by atoms with Crippen LogP contribution in [0.4, 0.5) is 0 Å². The highest BCUT2D eigenvalue weighted by molar-refractivity contribution is 7.80. The summed E-state index contributed by atoms with van der Waals surface area (Å²) in [6, 6.07) is 6.37. The average molecular weight is 266 g/mol. The molecule has 84 valence electrons. The second kappa shape index (κ2) is 5.82. The molecular weight excluding hydrogens is 255 g/mol. The van der Waals surface area contributed by atoms with Crippen molar-refractivity contribution < 1.29 is 18.5 Å². The van der Waals surface area contributed by atoms with E-state index >= 15 is 0 Å². The molecule has 1 aromatic carbocycles. The maximum atomic E-state index is 11.3. The molecule has 1 unspecified atom stereocenters. The van der Waals surface area contributed by atoms with E-state index in [0.717, 1.165) is 4.90 Å². The van der Waals surface area contributed by atoms with Gasteiger partial charge in [0, 0.05) is 10.6 Å². The fraction of sp³-hybridized carbons (Fsp3) is 0.250. The van der Waals surface area contributed by atoms with E-state index in [0.29, 0.717) is 5.75 Å². The third kappa shape index (κ3) is 4.95. The molecule has 0 saturated carbocycles. The molecular formula is C8H11O4PS2. The molecule has 0 spiro atoms. The summed E-state index contributed by atoms with van der Waals surface area (Å²) < 4.78 is 20.7. The van der Waals surface area contributed by atoms with Crippen molar-refractivity contribution in [3.8, 4) is 5.75 Å². The molecule has 0 aromatic heterocycles. The molecule has 1 aromatic rings. The molecule has 0 aliphatic rings. The molecule has 0 amide bonds. The Bertz CT molecular complexity index is 354. The topological polar surface area (TPSA) is 55.8 Å². The van der Waals surface area contributed by atoms with Gasteiger partial charge in [-0.1, -0.05) is 0 Å². The quantitative estimate of drug-likeness (QED) is 0.566. The summed E-state index contributed by atoms with van der Waals surface area (Å²) in [5.41, 5.74) is 0. The van der Waals surface area contributed by atoms with E-state index in [-0.39, 0.29) is 12.4 Å². The summed E-state index contributed by atoms with van der Waals surface area (Å²) in [5.74, 6) is 0.613. The number of hydrogen-bond acceptors (Lipinski definition) is 5. The van der Waals surface area contributed by atoms with Crippen molar-refractivity contribution in [1.82, 2.24) is 0 Å². The SMILES string of the molecule is O=P(O)(OCCS)Oc1ccc(S)cc1. The van der Waals surface area contributed by atoms with Crippen molar-refractivity contribution in [2.24, 2.45) is 0 Å². The first kappa shape index (κ1) is 12.9. The first-order chi connectivity index (χ1) is 7.03. The van der Waals surface area contributed by atoms with Gasteiger partial charge in [-0.3, -0.25) is 9.42 Å². The summed E-state index contributed by atoms with van der Waals surface area (Å²) in [4.78, 5) is 9.97. The molecule has 1 atom stereocenters. The molecule has 0 bridgehead atoms. The minimum absolute atomic E-state index is 0.0571. The predicted molar refractivity (Wildman–Crippen MR) is 64.0 cm³/mol. The van der Waals surface area contributed by atoms with E-state index in [9.17, 15) is 9.46 Å². The van der Waals surface area contributed by atoms with Crippen LogP contribution in [0.3, 0.4) is 0 Å². The lowest BCUT2D eigenvalue weighted by atomic mass is 10.3. The Morgan fingerprint density at radius 1 is 1.33 bits per heavy atom. The van der Waals surface area contributed by atoms with Crippen LogP contribution in [0.25, 0.3) is 0 Å². The summed E-state index contributed by atoms with van der Waals surface area (Å²) >= 11 is 7.92. The molecule has 0 heterocycles. The molecule has 7 heteroatoms. The van der Waals surface area contributed by atoms with Gasteiger partial charge in [0.1, 0.15) is 5.75 Å². The maximum absolute atomic E-state index is 11.3. The molecule has 4 nitrogen and oxygen atoms in total. The van der Waals surface area contributed by atoms with Crippen molar-refractivity contribution in [3.63, 3.8) is 0 Å². The van der Waals surface area contributed by atoms with E-state index in [1.54, 1.807) is 12.1 Å². The Hall–Kier alpha value is -0.130. The summed E-state index contributed by atoms with van der Waals surface area (Å²) in [7, 11) is -4.02. The van der Waals surface area contributed by atoms with Gasteiger partial charge in [-0.25, -0.2) is 4.57 Å². The Morgan fingerprint density at radius 2 is 1.93 bits per heavy atom. The van der Waals surface area contributed by atoms with Crippen LogP contribution in [0.1, 0.15) is 0 Å². The third-order valence-electron chi connectivity index (χ3n) is 1.40. The van der Waals surface area contributed by atoms with E-state index in [1.807, 2.05) is 0 Å². The lowest BCUT2D eigenvalue weighted by Gasteiger charge is -2.12. The second-order valence-electron chi connectivity index (χ2n) is 2.61. The van der Waals surface area contributed by atoms with Gasteiger partial charge in [0.25, 0.3) is 0 Å². The molecule has 0 fully saturated rings. The van der Waals surface area contributed by atoms with Crippen LogP contribution in [-0.2, 0) is 9.09 Å². The largest absolute Gasteiger partial charge is 0.527 e. The summed E-state index contributed by atoms with van der Waals surface area (Å²) in [6.07, 6.45) is 0. The molecule has 0 saturated heterocycles. The fourth-order valence-electron chi connectivity index (χ4n) is 0.823. The fourth-order valence-corrected chi connectivity index (χ4v) is 1.97. The van der Waals surface area contributed by atoms with E-state index < -0.39 is 7.82 Å². The second-order valence-corrected chi connectivity index (χ2v) is 4.95. The highest BCUT2D eigenvalue weighted by atomic mass is 32.1. The van der Waals surface area contributed by atoms with Gasteiger partial charge in [-0.15, -0.1) is 12.6 Å². The normalized spacial score (nSPS) is 14.6. The minimum Gasteiger partial charge on any atom is -0.404 e. The van der Waals surface area contributed by atoms with Crippen molar-refractivity contribution in [1.29, 1.82) is 0 Å². The van der Waals surface area contributed by atoms with Crippen molar-refractivity contribution in [3.05, 3.63) is 24.3 Å². The van der Waals surface area contributed by atoms with Crippen LogP contribution in [0.5, 0.6) is 5.75 Å². The Kier molecular flexibility index (Phi) is 5.02. The van der Waals surface area contributed by atoms with Gasteiger partial charge in [-0.05, 0) is 24.3 Å². The first-order valence-corrected chi connectivity index (χ1v) is 6.68. The van der Waals surface area contributed by atoms with Crippen LogP contribution in [0.15, 0.2) is 29.2 Å². The number of phosphoric acid groups is 1. The Labute approximate surface area is 99.0 Å². The predicted octanol–water partition coefficient (Wildman–Crippen LogP) is 2.40. The van der Waals surface area contributed by atoms with Gasteiger partial charge in [0.2, 0.25) is 0 Å². The van der Waals surface area contributed by atoms with Gasteiger partial charge in [0.05, 0.1) is 6.61 Å². The molecule has 1 rings (SSSR count). The zero-order valence-electron chi connectivity index (χ0n) is 7.74. The third-order valence-corrected chi connectivity index (χ3v) is 2.83. The zero-order chi connectivity index (χ0) is 11.3. The Morgan fingerprint density at radius 3 is 2.47 bits per heavy atom. The van der Waals surface area contributed by atoms with E-state index in [1.165, 1.54) is 12.1 Å². The van der Waals surface area contributed by atoms with Crippen LogP contribution >= 0.6 is 33.1 Å². The van der Waals surface area contributed by atoms with E-state index in [4.69, 9.17) is 4.52 Å². The summed E-state index contributed by atoms with van der Waals surface area (Å²) in [6.45, 7) is 0.0571. The lowest BCUT2D eigenvalue weighted by Crippen LogP contribution is -1.99. The maximum Gasteiger partial charge on any atom is 0.527 e. The highest BCUT2D eigenvalue weighted by Crippen LogP contribution is 2.43. The number of benzene rings is 1. The standard InChI is InChI=1S/C8H11O4PS2/c9-13(10,11-5-6-14)12-7-1-3-8(15)4-2-7/h1-4,14-15H,5-6H2,(H,9,10). The van der Waals surface area contributed by atoms with Crippen molar-refractivity contribution >= 4 is 33.1 Å². The molecule has 1 N–H and O–H groups in total. The van der Waals surface area contributed by atoms with Gasteiger partial charge >= 0.3 is 7.82 Å². The molecule has 15 heavy (non-hydrogen) atoms. The monoisotopic (exact) mass is 266 g/mol.